The maximum absolute atomic E-state index is 13.8. The summed E-state index contributed by atoms with van der Waals surface area (Å²) in [4.78, 5) is 44.5. The highest BCUT2D eigenvalue weighted by Gasteiger charge is 2.55. The fourth-order valence-electron chi connectivity index (χ4n) is 7.48. The molecule has 4 bridgehead atoms. The smallest absolute Gasteiger partial charge is 0.323 e. The lowest BCUT2D eigenvalue weighted by Crippen LogP contribution is -2.57. The van der Waals surface area contributed by atoms with Gasteiger partial charge in [0.05, 0.1) is 17.1 Å². The molecule has 2 unspecified atom stereocenters. The van der Waals surface area contributed by atoms with Gasteiger partial charge in [-0.25, -0.2) is 4.79 Å². The van der Waals surface area contributed by atoms with E-state index in [0.29, 0.717) is 29.7 Å². The third-order valence-corrected chi connectivity index (χ3v) is 8.82. The Balaban J connectivity index is 1.21. The van der Waals surface area contributed by atoms with Crippen molar-refractivity contribution in [1.82, 2.24) is 20.6 Å². The zero-order valence-electron chi connectivity index (χ0n) is 20.7. The monoisotopic (exact) mass is 486 g/mol. The minimum Gasteiger partial charge on any atom is -0.348 e. The van der Waals surface area contributed by atoms with Crippen LogP contribution < -0.4 is 16.3 Å². The van der Waals surface area contributed by atoms with Crippen LogP contribution in [0.2, 0.25) is 0 Å². The number of fused-ring (bicyclic) bond motifs is 1. The lowest BCUT2D eigenvalue weighted by atomic mass is 9.49. The van der Waals surface area contributed by atoms with Crippen LogP contribution in [0, 0.1) is 23.2 Å². The average molecular weight is 487 g/mol. The maximum Gasteiger partial charge on any atom is 0.323 e. The Morgan fingerprint density at radius 2 is 1.56 bits per heavy atom. The van der Waals surface area contributed by atoms with E-state index in [9.17, 15) is 14.4 Å². The van der Waals surface area contributed by atoms with Crippen molar-refractivity contribution in [3.63, 3.8) is 0 Å². The van der Waals surface area contributed by atoms with E-state index in [-0.39, 0.29) is 29.0 Å². The summed E-state index contributed by atoms with van der Waals surface area (Å²) in [6, 6.07) is 14.5. The van der Waals surface area contributed by atoms with Gasteiger partial charge in [-0.1, -0.05) is 36.4 Å². The molecule has 0 aliphatic heterocycles. The first kappa shape index (κ1) is 23.1. The number of aromatic nitrogens is 2. The van der Waals surface area contributed by atoms with Crippen molar-refractivity contribution < 1.29 is 9.59 Å². The summed E-state index contributed by atoms with van der Waals surface area (Å²) in [5, 5.41) is 6.32. The van der Waals surface area contributed by atoms with E-state index in [1.165, 1.54) is 19.3 Å². The van der Waals surface area contributed by atoms with Gasteiger partial charge < -0.3 is 20.6 Å². The van der Waals surface area contributed by atoms with Gasteiger partial charge in [0, 0.05) is 11.8 Å². The molecule has 36 heavy (non-hydrogen) atoms. The van der Waals surface area contributed by atoms with Crippen LogP contribution in [-0.4, -0.2) is 27.8 Å². The van der Waals surface area contributed by atoms with Gasteiger partial charge in [-0.05, 0) is 86.5 Å². The molecule has 2 aromatic carbocycles. The molecule has 2 atom stereocenters. The number of hydrogen-bond donors (Lipinski definition) is 4. The van der Waals surface area contributed by atoms with Crippen LogP contribution in [0.15, 0.2) is 53.3 Å². The fourth-order valence-corrected chi connectivity index (χ4v) is 7.48. The molecule has 4 saturated carbocycles. The topological polar surface area (TPSA) is 107 Å². The maximum atomic E-state index is 13.8. The minimum atomic E-state index is -0.647. The van der Waals surface area contributed by atoms with Crippen LogP contribution in [0.4, 0.5) is 0 Å². The van der Waals surface area contributed by atoms with E-state index >= 15 is 0 Å². The van der Waals surface area contributed by atoms with Crippen LogP contribution in [0.5, 0.6) is 0 Å². The molecule has 1 aromatic heterocycles. The number of H-pyrrole nitrogens is 2. The first-order valence-electron chi connectivity index (χ1n) is 13.2. The average Bonchev–Trinajstić information content (AvgIpc) is 3.22. The van der Waals surface area contributed by atoms with Crippen LogP contribution >= 0.6 is 0 Å². The van der Waals surface area contributed by atoms with Crippen molar-refractivity contribution in [3.8, 4) is 0 Å². The molecule has 4 aliphatic carbocycles. The summed E-state index contributed by atoms with van der Waals surface area (Å²) < 4.78 is 0. The largest absolute Gasteiger partial charge is 0.348 e. The molecule has 4 N–H and O–H groups in total. The van der Waals surface area contributed by atoms with Crippen molar-refractivity contribution >= 4 is 22.8 Å². The minimum absolute atomic E-state index is 0.0663. The Labute approximate surface area is 210 Å². The molecule has 7 nitrogen and oxygen atoms in total. The van der Waals surface area contributed by atoms with Crippen LogP contribution in [0.25, 0.3) is 11.0 Å². The zero-order valence-corrected chi connectivity index (χ0v) is 20.7. The summed E-state index contributed by atoms with van der Waals surface area (Å²) in [7, 11) is 0. The van der Waals surface area contributed by atoms with Gasteiger partial charge in [-0.3, -0.25) is 9.59 Å². The van der Waals surface area contributed by atoms with Crippen molar-refractivity contribution in [2.24, 2.45) is 23.2 Å². The van der Waals surface area contributed by atoms with E-state index in [4.69, 9.17) is 0 Å². The SMILES string of the molecule is CC(NC(=O)C(Cc1ccccc1)NC(=O)C12CC3CC(CC(C3)C1)C2)c1ccc2[nH]c(=O)[nH]c2c1. The van der Waals surface area contributed by atoms with Gasteiger partial charge in [0.2, 0.25) is 11.8 Å². The van der Waals surface area contributed by atoms with Gasteiger partial charge in [0.1, 0.15) is 6.04 Å². The zero-order chi connectivity index (χ0) is 24.9. The Kier molecular flexibility index (Phi) is 5.73. The van der Waals surface area contributed by atoms with Crippen molar-refractivity contribution in [2.45, 2.75) is 64.0 Å². The van der Waals surface area contributed by atoms with Gasteiger partial charge in [0.25, 0.3) is 0 Å². The Hall–Kier alpha value is -3.35. The van der Waals surface area contributed by atoms with E-state index < -0.39 is 6.04 Å². The number of nitrogens with one attached hydrogen (secondary N) is 4. The number of rotatable bonds is 7. The van der Waals surface area contributed by atoms with Crippen molar-refractivity contribution in [1.29, 1.82) is 0 Å². The number of carbonyl (C=O) groups is 2. The Bertz CT molecular complexity index is 1310. The molecule has 7 heteroatoms. The lowest BCUT2D eigenvalue weighted by Gasteiger charge is -2.55. The van der Waals surface area contributed by atoms with Gasteiger partial charge in [-0.2, -0.15) is 0 Å². The molecule has 0 saturated heterocycles. The molecule has 2 amide bonds. The molecular formula is C29H34N4O3. The quantitative estimate of drug-likeness (QED) is 0.406. The molecule has 1 heterocycles. The number of benzene rings is 2. The normalized spacial score (nSPS) is 28.1. The third kappa shape index (κ3) is 4.36. The summed E-state index contributed by atoms with van der Waals surface area (Å²) in [5.41, 5.74) is 2.77. The number of imidazole rings is 1. The summed E-state index contributed by atoms with van der Waals surface area (Å²) >= 11 is 0. The molecule has 4 aliphatic rings. The third-order valence-electron chi connectivity index (χ3n) is 8.82. The van der Waals surface area contributed by atoms with Crippen molar-refractivity contribution in [3.05, 3.63) is 70.1 Å². The first-order valence-corrected chi connectivity index (χ1v) is 13.2. The van der Waals surface area contributed by atoms with Crippen LogP contribution in [-0.2, 0) is 16.0 Å². The second kappa shape index (κ2) is 8.95. The van der Waals surface area contributed by atoms with E-state index in [2.05, 4.69) is 20.6 Å². The predicted molar refractivity (Wildman–Crippen MR) is 138 cm³/mol. The molecule has 3 aromatic rings. The van der Waals surface area contributed by atoms with Gasteiger partial charge in [0.15, 0.2) is 0 Å². The van der Waals surface area contributed by atoms with E-state index in [1.54, 1.807) is 0 Å². The van der Waals surface area contributed by atoms with Gasteiger partial charge in [-0.15, -0.1) is 0 Å². The number of amides is 2. The lowest BCUT2D eigenvalue weighted by molar-refractivity contribution is -0.148. The second-order valence-corrected chi connectivity index (χ2v) is 11.5. The molecular weight excluding hydrogens is 452 g/mol. The molecule has 4 fully saturated rings. The molecule has 7 rings (SSSR count). The highest BCUT2D eigenvalue weighted by molar-refractivity contribution is 5.91. The number of aromatic amines is 2. The predicted octanol–water partition coefficient (Wildman–Crippen LogP) is 3.98. The molecule has 188 valence electrons. The van der Waals surface area contributed by atoms with Crippen molar-refractivity contribution in [2.75, 3.05) is 0 Å². The second-order valence-electron chi connectivity index (χ2n) is 11.5. The van der Waals surface area contributed by atoms with Gasteiger partial charge >= 0.3 is 5.69 Å². The molecule has 0 spiro atoms. The summed E-state index contributed by atoms with van der Waals surface area (Å²) in [5.74, 6) is 1.87. The molecule has 0 radical (unpaired) electrons. The summed E-state index contributed by atoms with van der Waals surface area (Å²) in [6.07, 6.45) is 7.17. The standard InChI is InChI=1S/C29H34N4O3/c1-17(22-7-8-23-24(13-22)33-28(36)32-23)30-26(34)25(12-18-5-3-2-4-6-18)31-27(35)29-14-19-9-20(15-29)11-21(10-19)16-29/h2-8,13,17,19-21,25H,9-12,14-16H2,1H3,(H,30,34)(H,31,35)(H2,32,33,36). The fraction of sp³-hybridized carbons (Fsp3) is 0.483. The Morgan fingerprint density at radius 3 is 2.22 bits per heavy atom. The highest BCUT2D eigenvalue weighted by Crippen LogP contribution is 2.60. The van der Waals surface area contributed by atoms with E-state index in [1.807, 2.05) is 55.5 Å². The van der Waals surface area contributed by atoms with Crippen LogP contribution in [0.1, 0.15) is 62.6 Å². The van der Waals surface area contributed by atoms with Crippen LogP contribution in [0.3, 0.4) is 0 Å². The summed E-state index contributed by atoms with van der Waals surface area (Å²) in [6.45, 7) is 1.92. The highest BCUT2D eigenvalue weighted by atomic mass is 16.2. The first-order chi connectivity index (χ1) is 17.4. The number of carbonyl (C=O) groups excluding carboxylic acids is 2. The number of hydrogen-bond acceptors (Lipinski definition) is 3. The Morgan fingerprint density at radius 1 is 0.917 bits per heavy atom. The van der Waals surface area contributed by atoms with E-state index in [0.717, 1.165) is 35.9 Å².